The quantitative estimate of drug-likeness (QED) is 0.237. The largest absolute Gasteiger partial charge is 0.493 e. The number of hydrogen-bond donors (Lipinski definition) is 3. The second-order valence-electron chi connectivity index (χ2n) is 6.35. The fraction of sp³-hybridized carbons (Fsp3) is 0.316. The van der Waals surface area contributed by atoms with Gasteiger partial charge in [0.2, 0.25) is 10.0 Å². The van der Waals surface area contributed by atoms with Gasteiger partial charge in [0.1, 0.15) is 5.75 Å². The molecular weight excluding hydrogens is 491 g/mol. The highest BCUT2D eigenvalue weighted by atomic mass is 127. The van der Waals surface area contributed by atoms with Crippen molar-refractivity contribution in [2.24, 2.45) is 10.7 Å². The van der Waals surface area contributed by atoms with Gasteiger partial charge in [-0.3, -0.25) is 4.99 Å². The fourth-order valence-electron chi connectivity index (χ4n) is 2.87. The Kier molecular flexibility index (Phi) is 8.08. The molecule has 1 heterocycles. The van der Waals surface area contributed by atoms with Crippen LogP contribution in [-0.2, 0) is 10.0 Å². The first-order valence-corrected chi connectivity index (χ1v) is 10.3. The number of nitrogens with one attached hydrogen (secondary N) is 2. The summed E-state index contributed by atoms with van der Waals surface area (Å²) in [5, 5.41) is 3.18. The molecule has 0 saturated heterocycles. The summed E-state index contributed by atoms with van der Waals surface area (Å²) in [6.07, 6.45) is 0.785. The van der Waals surface area contributed by atoms with Crippen LogP contribution in [0.4, 0.5) is 0 Å². The molecule has 0 radical (unpaired) electrons. The Morgan fingerprint density at radius 1 is 1.21 bits per heavy atom. The minimum absolute atomic E-state index is 0. The molecule has 28 heavy (non-hydrogen) atoms. The summed E-state index contributed by atoms with van der Waals surface area (Å²) in [6.45, 7) is 2.93. The molecule has 2 aromatic carbocycles. The zero-order chi connectivity index (χ0) is 19.3. The van der Waals surface area contributed by atoms with E-state index in [1.807, 2.05) is 31.2 Å². The number of hydrogen-bond acceptors (Lipinski definition) is 4. The van der Waals surface area contributed by atoms with Gasteiger partial charge in [0.25, 0.3) is 0 Å². The van der Waals surface area contributed by atoms with Gasteiger partial charge in [0, 0.05) is 18.5 Å². The average Bonchev–Trinajstić information content (AvgIpc) is 2.66. The molecule has 2 aromatic rings. The number of aryl methyl sites for hydroxylation is 1. The van der Waals surface area contributed by atoms with Crippen molar-refractivity contribution < 1.29 is 13.2 Å². The van der Waals surface area contributed by atoms with Crippen LogP contribution < -0.4 is 20.5 Å². The molecule has 0 fully saturated rings. The van der Waals surface area contributed by atoms with Gasteiger partial charge < -0.3 is 15.8 Å². The van der Waals surface area contributed by atoms with E-state index < -0.39 is 10.0 Å². The number of guanidine groups is 1. The van der Waals surface area contributed by atoms with Crippen molar-refractivity contribution in [2.45, 2.75) is 24.3 Å². The van der Waals surface area contributed by atoms with E-state index in [-0.39, 0.29) is 54.0 Å². The maximum atomic E-state index is 12.2. The molecule has 1 unspecified atom stereocenters. The Labute approximate surface area is 182 Å². The second-order valence-corrected chi connectivity index (χ2v) is 8.12. The first kappa shape index (κ1) is 22.4. The summed E-state index contributed by atoms with van der Waals surface area (Å²) < 4.78 is 32.6. The first-order chi connectivity index (χ1) is 13.0. The number of aliphatic imine (C=N–C) groups is 1. The smallest absolute Gasteiger partial charge is 0.240 e. The number of halogens is 1. The number of nitrogens with two attached hydrogens (primary N) is 1. The van der Waals surface area contributed by atoms with E-state index in [0.717, 1.165) is 23.3 Å². The summed E-state index contributed by atoms with van der Waals surface area (Å²) in [5.74, 6) is 1.13. The third-order valence-electron chi connectivity index (χ3n) is 4.30. The molecule has 0 aromatic heterocycles. The van der Waals surface area contributed by atoms with E-state index in [9.17, 15) is 8.42 Å². The number of rotatable bonds is 6. The number of ether oxygens (including phenoxy) is 1. The topological polar surface area (TPSA) is 106 Å². The Hall–Kier alpha value is -1.85. The second kappa shape index (κ2) is 10.1. The van der Waals surface area contributed by atoms with E-state index in [0.29, 0.717) is 6.61 Å². The van der Waals surface area contributed by atoms with E-state index in [2.05, 4.69) is 15.0 Å². The van der Waals surface area contributed by atoms with Crippen molar-refractivity contribution in [3.05, 3.63) is 59.7 Å². The van der Waals surface area contributed by atoms with Crippen LogP contribution in [0.25, 0.3) is 0 Å². The number of para-hydroxylation sites is 1. The summed E-state index contributed by atoms with van der Waals surface area (Å²) in [4.78, 5) is 4.46. The standard InChI is InChI=1S/C19H24N4O3S.HI/c1-14-6-8-15(9-7-14)27(24,25)22-12-11-21-19(20)23-17-10-13-26-18-5-3-2-4-16(17)18;/h2-9,17,22H,10-13H2,1H3,(H3,20,21,23);1H. The van der Waals surface area contributed by atoms with Gasteiger partial charge in [-0.1, -0.05) is 35.9 Å². The maximum Gasteiger partial charge on any atom is 0.240 e. The fourth-order valence-corrected chi connectivity index (χ4v) is 3.89. The van der Waals surface area contributed by atoms with Gasteiger partial charge in [0.05, 0.1) is 24.1 Å². The molecule has 1 aliphatic heterocycles. The highest BCUT2D eigenvalue weighted by molar-refractivity contribution is 14.0. The van der Waals surface area contributed by atoms with Crippen molar-refractivity contribution in [1.82, 2.24) is 10.0 Å². The van der Waals surface area contributed by atoms with E-state index >= 15 is 0 Å². The van der Waals surface area contributed by atoms with Gasteiger partial charge in [-0.15, -0.1) is 24.0 Å². The van der Waals surface area contributed by atoms with Crippen LogP contribution in [0.2, 0.25) is 0 Å². The highest BCUT2D eigenvalue weighted by Gasteiger charge is 2.21. The van der Waals surface area contributed by atoms with Crippen LogP contribution in [0.5, 0.6) is 5.75 Å². The third-order valence-corrected chi connectivity index (χ3v) is 5.77. The molecule has 0 aliphatic carbocycles. The third kappa shape index (κ3) is 5.82. The molecular formula is C19H25IN4O3S. The molecule has 1 aliphatic rings. The zero-order valence-corrected chi connectivity index (χ0v) is 18.7. The van der Waals surface area contributed by atoms with Crippen molar-refractivity contribution in [2.75, 3.05) is 19.7 Å². The Morgan fingerprint density at radius 3 is 2.68 bits per heavy atom. The lowest BCUT2D eigenvalue weighted by Crippen LogP contribution is -2.38. The zero-order valence-electron chi connectivity index (χ0n) is 15.6. The Bertz CT molecular complexity index is 917. The van der Waals surface area contributed by atoms with Crippen LogP contribution in [0.3, 0.4) is 0 Å². The normalized spacial score (nSPS) is 16.5. The van der Waals surface area contributed by atoms with E-state index in [1.165, 1.54) is 0 Å². The van der Waals surface area contributed by atoms with Crippen LogP contribution in [0, 0.1) is 6.92 Å². The van der Waals surface area contributed by atoms with Crippen molar-refractivity contribution in [3.8, 4) is 5.75 Å². The monoisotopic (exact) mass is 516 g/mol. The predicted octanol–water partition coefficient (Wildman–Crippen LogP) is 2.32. The van der Waals surface area contributed by atoms with Gasteiger partial charge in [-0.2, -0.15) is 0 Å². The minimum atomic E-state index is -3.54. The molecule has 7 nitrogen and oxygen atoms in total. The van der Waals surface area contributed by atoms with Gasteiger partial charge in [0.15, 0.2) is 5.96 Å². The Balaban J connectivity index is 0.00000280. The van der Waals surface area contributed by atoms with Crippen molar-refractivity contribution >= 4 is 40.0 Å². The van der Waals surface area contributed by atoms with Crippen LogP contribution in [0.1, 0.15) is 23.6 Å². The number of nitrogens with zero attached hydrogens (tertiary/aromatic N) is 1. The van der Waals surface area contributed by atoms with Gasteiger partial charge in [-0.25, -0.2) is 13.1 Å². The van der Waals surface area contributed by atoms with E-state index in [4.69, 9.17) is 10.5 Å². The lowest BCUT2D eigenvalue weighted by atomic mass is 10.0. The number of benzene rings is 2. The molecule has 0 saturated carbocycles. The molecule has 9 heteroatoms. The van der Waals surface area contributed by atoms with Crippen LogP contribution >= 0.6 is 24.0 Å². The summed E-state index contributed by atoms with van der Waals surface area (Å²) in [6, 6.07) is 14.5. The van der Waals surface area contributed by atoms with Gasteiger partial charge in [-0.05, 0) is 25.1 Å². The molecule has 3 rings (SSSR count). The molecule has 0 bridgehead atoms. The summed E-state index contributed by atoms with van der Waals surface area (Å²) in [7, 11) is -3.54. The highest BCUT2D eigenvalue weighted by Crippen LogP contribution is 2.31. The summed E-state index contributed by atoms with van der Waals surface area (Å²) in [5.41, 5.74) is 8.01. The number of fused-ring (bicyclic) bond motifs is 1. The van der Waals surface area contributed by atoms with Crippen molar-refractivity contribution in [1.29, 1.82) is 0 Å². The Morgan fingerprint density at radius 2 is 1.93 bits per heavy atom. The molecule has 0 amide bonds. The minimum Gasteiger partial charge on any atom is -0.493 e. The predicted molar refractivity (Wildman–Crippen MR) is 121 cm³/mol. The SMILES string of the molecule is Cc1ccc(S(=O)(=O)NCCN=C(N)NC2CCOc3ccccc32)cc1.I. The van der Waals surface area contributed by atoms with Gasteiger partial charge >= 0.3 is 0 Å². The first-order valence-electron chi connectivity index (χ1n) is 8.80. The van der Waals surface area contributed by atoms with Crippen LogP contribution in [-0.4, -0.2) is 34.1 Å². The van der Waals surface area contributed by atoms with Crippen LogP contribution in [0.15, 0.2) is 58.4 Å². The maximum absolute atomic E-state index is 12.2. The molecule has 4 N–H and O–H groups in total. The van der Waals surface area contributed by atoms with E-state index in [1.54, 1.807) is 24.3 Å². The average molecular weight is 516 g/mol. The van der Waals surface area contributed by atoms with Crippen molar-refractivity contribution in [3.63, 3.8) is 0 Å². The number of sulfonamides is 1. The lowest BCUT2D eigenvalue weighted by molar-refractivity contribution is 0.262. The summed E-state index contributed by atoms with van der Waals surface area (Å²) >= 11 is 0. The molecule has 152 valence electrons. The molecule has 0 spiro atoms. The lowest BCUT2D eigenvalue weighted by Gasteiger charge is -2.26. The molecule has 1 atom stereocenters.